The van der Waals surface area contributed by atoms with Crippen molar-refractivity contribution in [3.05, 3.63) is 23.8 Å². The van der Waals surface area contributed by atoms with Crippen LogP contribution in [0.15, 0.2) is 23.8 Å². The summed E-state index contributed by atoms with van der Waals surface area (Å²) in [4.78, 5) is 20.2. The highest BCUT2D eigenvalue weighted by atomic mass is 16.1. The minimum atomic E-state index is 0.248. The molecule has 0 aliphatic carbocycles. The van der Waals surface area contributed by atoms with E-state index >= 15 is 0 Å². The zero-order valence-electron chi connectivity index (χ0n) is 7.49. The molecular weight excluding hydrogens is 152 g/mol. The van der Waals surface area contributed by atoms with Crippen LogP contribution in [0.4, 0.5) is 0 Å². The Bertz CT molecular complexity index is 202. The number of carbonyl (C=O) groups excluding carboxylic acids is 2. The minimum Gasteiger partial charge on any atom is -0.303 e. The first kappa shape index (κ1) is 10.8. The lowest BCUT2D eigenvalue weighted by Gasteiger charge is -1.96. The summed E-state index contributed by atoms with van der Waals surface area (Å²) >= 11 is 0. The Morgan fingerprint density at radius 3 is 2.58 bits per heavy atom. The molecule has 66 valence electrons. The summed E-state index contributed by atoms with van der Waals surface area (Å²) in [7, 11) is 0. The van der Waals surface area contributed by atoms with Crippen LogP contribution in [-0.2, 0) is 9.59 Å². The first-order valence-electron chi connectivity index (χ1n) is 3.94. The number of aldehydes is 2. The second-order valence-corrected chi connectivity index (χ2v) is 2.79. The molecule has 1 atom stereocenters. The topological polar surface area (TPSA) is 34.1 Å². The van der Waals surface area contributed by atoms with Crippen molar-refractivity contribution in [2.75, 3.05) is 0 Å². The Morgan fingerprint density at radius 1 is 1.42 bits per heavy atom. The third-order valence-electron chi connectivity index (χ3n) is 1.45. The van der Waals surface area contributed by atoms with E-state index in [1.807, 2.05) is 13.0 Å². The maximum atomic E-state index is 10.1. The van der Waals surface area contributed by atoms with Crippen LogP contribution in [0.3, 0.4) is 0 Å². The van der Waals surface area contributed by atoms with Crippen LogP contribution in [0.2, 0.25) is 0 Å². The third kappa shape index (κ3) is 5.59. The van der Waals surface area contributed by atoms with Crippen molar-refractivity contribution < 1.29 is 9.59 Å². The zero-order valence-corrected chi connectivity index (χ0v) is 7.49. The Labute approximate surface area is 73.0 Å². The van der Waals surface area contributed by atoms with E-state index in [9.17, 15) is 9.59 Å². The molecule has 0 amide bonds. The number of hydrogen-bond acceptors (Lipinski definition) is 2. The van der Waals surface area contributed by atoms with Gasteiger partial charge in [-0.3, -0.25) is 4.79 Å². The molecule has 0 aliphatic rings. The lowest BCUT2D eigenvalue weighted by molar-refractivity contribution is -0.108. The van der Waals surface area contributed by atoms with Gasteiger partial charge in [-0.25, -0.2) is 0 Å². The highest BCUT2D eigenvalue weighted by Crippen LogP contribution is 2.01. The standard InChI is InChI=1S/C10H14O2/c1-9(6-7-11)4-3-5-10(2)8-12/h3-5,7-9H,6H2,1-2H3/b4-3-,10-5-. The number of hydrogen-bond donors (Lipinski definition) is 0. The molecule has 0 saturated heterocycles. The molecule has 1 unspecified atom stereocenters. The molecule has 2 heteroatoms. The summed E-state index contributed by atoms with van der Waals surface area (Å²) in [5, 5.41) is 0. The molecule has 0 aromatic rings. The highest BCUT2D eigenvalue weighted by molar-refractivity contribution is 5.72. The predicted octanol–water partition coefficient (Wildman–Crippen LogP) is 1.91. The summed E-state index contributed by atoms with van der Waals surface area (Å²) in [5.74, 6) is 0.248. The van der Waals surface area contributed by atoms with Crippen molar-refractivity contribution in [1.82, 2.24) is 0 Å². The van der Waals surface area contributed by atoms with Crippen molar-refractivity contribution in [2.45, 2.75) is 20.3 Å². The van der Waals surface area contributed by atoms with Gasteiger partial charge in [-0.1, -0.05) is 25.2 Å². The predicted molar refractivity (Wildman–Crippen MR) is 48.8 cm³/mol. The fourth-order valence-corrected chi connectivity index (χ4v) is 0.667. The van der Waals surface area contributed by atoms with Gasteiger partial charge in [-0.2, -0.15) is 0 Å². The summed E-state index contributed by atoms with van der Waals surface area (Å²) in [6.45, 7) is 3.69. The van der Waals surface area contributed by atoms with Gasteiger partial charge >= 0.3 is 0 Å². The average Bonchev–Trinajstić information content (AvgIpc) is 2.04. The first-order chi connectivity index (χ1) is 5.70. The highest BCUT2D eigenvalue weighted by Gasteiger charge is 1.92. The van der Waals surface area contributed by atoms with Gasteiger partial charge in [0.05, 0.1) is 0 Å². The lowest BCUT2D eigenvalue weighted by atomic mass is 10.1. The molecule has 0 aromatic carbocycles. The Kier molecular flexibility index (Phi) is 5.88. The monoisotopic (exact) mass is 166 g/mol. The average molecular weight is 166 g/mol. The van der Waals surface area contributed by atoms with Gasteiger partial charge in [0.1, 0.15) is 12.6 Å². The van der Waals surface area contributed by atoms with E-state index in [-0.39, 0.29) is 5.92 Å². The molecular formula is C10H14O2. The van der Waals surface area contributed by atoms with Crippen LogP contribution in [-0.4, -0.2) is 12.6 Å². The van der Waals surface area contributed by atoms with Crippen LogP contribution in [0.25, 0.3) is 0 Å². The van der Waals surface area contributed by atoms with Crippen molar-refractivity contribution >= 4 is 12.6 Å². The molecule has 0 N–H and O–H groups in total. The van der Waals surface area contributed by atoms with Gasteiger partial charge in [-0.15, -0.1) is 0 Å². The number of allylic oxidation sites excluding steroid dienone is 4. The number of rotatable bonds is 5. The number of carbonyl (C=O) groups is 2. The molecule has 0 spiro atoms. The van der Waals surface area contributed by atoms with E-state index in [1.54, 1.807) is 19.1 Å². The van der Waals surface area contributed by atoms with E-state index in [0.29, 0.717) is 12.0 Å². The molecule has 0 rings (SSSR count). The Hall–Kier alpha value is -1.18. The molecule has 0 heterocycles. The van der Waals surface area contributed by atoms with Gasteiger partial charge < -0.3 is 4.79 Å². The van der Waals surface area contributed by atoms with Crippen molar-refractivity contribution in [3.8, 4) is 0 Å². The van der Waals surface area contributed by atoms with Crippen LogP contribution >= 0.6 is 0 Å². The summed E-state index contributed by atoms with van der Waals surface area (Å²) in [6, 6.07) is 0. The largest absolute Gasteiger partial charge is 0.303 e. The normalized spacial score (nSPS) is 14.7. The molecule has 0 radical (unpaired) electrons. The molecule has 12 heavy (non-hydrogen) atoms. The van der Waals surface area contributed by atoms with E-state index in [4.69, 9.17) is 0 Å². The molecule has 0 aliphatic heterocycles. The first-order valence-corrected chi connectivity index (χ1v) is 3.94. The van der Waals surface area contributed by atoms with Crippen molar-refractivity contribution in [1.29, 1.82) is 0 Å². The van der Waals surface area contributed by atoms with Gasteiger partial charge in [0.2, 0.25) is 0 Å². The molecule has 0 fully saturated rings. The fourth-order valence-electron chi connectivity index (χ4n) is 0.667. The lowest BCUT2D eigenvalue weighted by Crippen LogP contribution is -1.88. The summed E-state index contributed by atoms with van der Waals surface area (Å²) < 4.78 is 0. The third-order valence-corrected chi connectivity index (χ3v) is 1.45. The van der Waals surface area contributed by atoms with E-state index < -0.39 is 0 Å². The van der Waals surface area contributed by atoms with Gasteiger partial charge in [-0.05, 0) is 18.4 Å². The smallest absolute Gasteiger partial charge is 0.145 e. The molecule has 0 bridgehead atoms. The zero-order chi connectivity index (χ0) is 9.40. The Morgan fingerprint density at radius 2 is 2.08 bits per heavy atom. The van der Waals surface area contributed by atoms with Gasteiger partial charge in [0, 0.05) is 6.42 Å². The minimum absolute atomic E-state index is 0.248. The van der Waals surface area contributed by atoms with Crippen molar-refractivity contribution in [3.63, 3.8) is 0 Å². The van der Waals surface area contributed by atoms with E-state index in [2.05, 4.69) is 0 Å². The second kappa shape index (κ2) is 6.53. The van der Waals surface area contributed by atoms with Gasteiger partial charge in [0.25, 0.3) is 0 Å². The quantitative estimate of drug-likeness (QED) is 0.355. The maximum Gasteiger partial charge on any atom is 0.145 e. The van der Waals surface area contributed by atoms with Crippen molar-refractivity contribution in [2.24, 2.45) is 5.92 Å². The molecule has 0 aromatic heterocycles. The molecule has 2 nitrogen and oxygen atoms in total. The molecule has 0 saturated carbocycles. The van der Waals surface area contributed by atoms with Crippen LogP contribution in [0, 0.1) is 5.92 Å². The van der Waals surface area contributed by atoms with Gasteiger partial charge in [0.15, 0.2) is 0 Å². The second-order valence-electron chi connectivity index (χ2n) is 2.79. The maximum absolute atomic E-state index is 10.1. The van der Waals surface area contributed by atoms with Crippen LogP contribution in [0.5, 0.6) is 0 Å². The Balaban J connectivity index is 3.89. The summed E-state index contributed by atoms with van der Waals surface area (Å²) in [5.41, 5.74) is 0.685. The van der Waals surface area contributed by atoms with E-state index in [0.717, 1.165) is 12.6 Å². The SMILES string of the molecule is C/C(C=O)=C/C=C\C(C)CC=O. The van der Waals surface area contributed by atoms with Crippen LogP contribution < -0.4 is 0 Å². The summed E-state index contributed by atoms with van der Waals surface area (Å²) in [6.07, 6.45) is 7.66. The van der Waals surface area contributed by atoms with Crippen LogP contribution in [0.1, 0.15) is 20.3 Å². The fraction of sp³-hybridized carbons (Fsp3) is 0.400. The van der Waals surface area contributed by atoms with E-state index in [1.165, 1.54) is 0 Å².